The first-order chi connectivity index (χ1) is 17.4. The molecule has 2 aromatic rings. The molecule has 0 aromatic heterocycles. The summed E-state index contributed by atoms with van der Waals surface area (Å²) in [6.07, 6.45) is -3.10. The molecule has 0 spiro atoms. The summed E-state index contributed by atoms with van der Waals surface area (Å²) in [6, 6.07) is 6.64. The number of anilines is 1. The molecule has 2 heterocycles. The molecule has 2 aliphatic heterocycles. The molecule has 4 rings (SSSR count). The predicted octanol–water partition coefficient (Wildman–Crippen LogP) is 4.24. The maximum Gasteiger partial charge on any atom is 0.417 e. The van der Waals surface area contributed by atoms with E-state index in [1.54, 1.807) is 12.1 Å². The molecule has 0 radical (unpaired) electrons. The third-order valence-electron chi connectivity index (χ3n) is 6.83. The number of piperazine rings is 1. The van der Waals surface area contributed by atoms with Gasteiger partial charge in [0.05, 0.1) is 28.8 Å². The first kappa shape index (κ1) is 27.2. The number of amides is 1. The molecule has 1 unspecified atom stereocenters. The number of halogens is 4. The van der Waals surface area contributed by atoms with Crippen LogP contribution in [0.3, 0.4) is 0 Å². The molecular formula is C25H29F4N3O4S. The van der Waals surface area contributed by atoms with E-state index < -0.39 is 39.1 Å². The molecule has 12 heteroatoms. The summed E-state index contributed by atoms with van der Waals surface area (Å²) in [5.74, 6) is -1.20. The normalized spacial score (nSPS) is 19.7. The molecular weight excluding hydrogens is 514 g/mol. The van der Waals surface area contributed by atoms with Crippen LogP contribution < -0.4 is 9.64 Å². The van der Waals surface area contributed by atoms with E-state index in [-0.39, 0.29) is 37.0 Å². The number of alkyl halides is 3. The highest BCUT2D eigenvalue weighted by Crippen LogP contribution is 2.35. The number of nitrogens with zero attached hydrogens (tertiary/aromatic N) is 3. The Morgan fingerprint density at radius 1 is 1.03 bits per heavy atom. The first-order valence-corrected chi connectivity index (χ1v) is 13.4. The maximum absolute atomic E-state index is 13.5. The van der Waals surface area contributed by atoms with Gasteiger partial charge in [-0.2, -0.15) is 17.5 Å². The zero-order chi connectivity index (χ0) is 27.0. The topological polar surface area (TPSA) is 70.2 Å². The highest BCUT2D eigenvalue weighted by molar-refractivity contribution is 7.89. The lowest BCUT2D eigenvalue weighted by Gasteiger charge is -2.37. The molecule has 2 aliphatic rings. The number of sulfonamides is 1. The molecule has 1 atom stereocenters. The van der Waals surface area contributed by atoms with E-state index in [1.807, 2.05) is 11.8 Å². The smallest absolute Gasteiger partial charge is 0.417 e. The third-order valence-corrected chi connectivity index (χ3v) is 8.69. The van der Waals surface area contributed by atoms with Crippen LogP contribution in [0.15, 0.2) is 41.3 Å². The average molecular weight is 544 g/mol. The van der Waals surface area contributed by atoms with Crippen LogP contribution in [0.4, 0.5) is 23.2 Å². The summed E-state index contributed by atoms with van der Waals surface area (Å²) >= 11 is 0. The van der Waals surface area contributed by atoms with Crippen molar-refractivity contribution in [2.45, 2.75) is 30.8 Å². The molecule has 2 fully saturated rings. The zero-order valence-corrected chi connectivity index (χ0v) is 21.4. The van der Waals surface area contributed by atoms with Gasteiger partial charge < -0.3 is 14.5 Å². The van der Waals surface area contributed by atoms with Crippen molar-refractivity contribution in [2.24, 2.45) is 5.92 Å². The molecule has 2 saturated heterocycles. The second kappa shape index (κ2) is 10.5. The Kier molecular flexibility index (Phi) is 7.70. The van der Waals surface area contributed by atoms with Gasteiger partial charge in [0.1, 0.15) is 11.6 Å². The van der Waals surface area contributed by atoms with Crippen molar-refractivity contribution >= 4 is 21.6 Å². The monoisotopic (exact) mass is 543 g/mol. The van der Waals surface area contributed by atoms with Gasteiger partial charge in [-0.3, -0.25) is 4.79 Å². The van der Waals surface area contributed by atoms with E-state index in [0.717, 1.165) is 25.0 Å². The lowest BCUT2D eigenvalue weighted by Crippen LogP contribution is -2.49. The lowest BCUT2D eigenvalue weighted by atomic mass is 10.0. The van der Waals surface area contributed by atoms with Crippen LogP contribution in [0, 0.1) is 11.7 Å². The number of rotatable bonds is 5. The summed E-state index contributed by atoms with van der Waals surface area (Å²) in [5.41, 5.74) is -1.39. The second-order valence-corrected chi connectivity index (χ2v) is 11.3. The summed E-state index contributed by atoms with van der Waals surface area (Å²) in [5, 5.41) is 0. The van der Waals surface area contributed by atoms with Crippen LogP contribution in [0.1, 0.15) is 35.7 Å². The van der Waals surface area contributed by atoms with E-state index in [0.29, 0.717) is 30.6 Å². The molecule has 7 nitrogen and oxygen atoms in total. The summed E-state index contributed by atoms with van der Waals surface area (Å²) < 4.78 is 87.2. The Morgan fingerprint density at radius 2 is 1.73 bits per heavy atom. The number of piperidine rings is 1. The van der Waals surface area contributed by atoms with Crippen molar-refractivity contribution in [3.63, 3.8) is 0 Å². The number of carbonyl (C=O) groups is 1. The number of methoxy groups -OCH3 is 1. The standard InChI is InChI=1S/C25H29F4N3O4S/c1-17-4-3-9-32(16-17)37(34,35)19-6-8-23(36-2)22(15-19)30-10-12-31(13-11-30)24(33)20-7-5-18(26)14-21(20)25(27,28)29/h5-8,14-15,17H,3-4,9-13,16H2,1-2H3. The molecule has 2 aromatic carbocycles. The average Bonchev–Trinajstić information content (AvgIpc) is 2.87. The Morgan fingerprint density at radius 3 is 2.35 bits per heavy atom. The van der Waals surface area contributed by atoms with Gasteiger partial charge in [0, 0.05) is 39.3 Å². The van der Waals surface area contributed by atoms with E-state index >= 15 is 0 Å². The SMILES string of the molecule is COc1ccc(S(=O)(=O)N2CCCC(C)C2)cc1N1CCN(C(=O)c2ccc(F)cc2C(F)(F)F)CC1. The van der Waals surface area contributed by atoms with E-state index in [1.165, 1.54) is 22.4 Å². The third kappa shape index (κ3) is 5.69. The van der Waals surface area contributed by atoms with Crippen LogP contribution in [0.25, 0.3) is 0 Å². The molecule has 0 bridgehead atoms. The molecule has 1 amide bonds. The quantitative estimate of drug-likeness (QED) is 0.528. The van der Waals surface area contributed by atoms with Crippen molar-refractivity contribution in [1.82, 2.24) is 9.21 Å². The van der Waals surface area contributed by atoms with Gasteiger partial charge in [-0.25, -0.2) is 12.8 Å². The van der Waals surface area contributed by atoms with Gasteiger partial charge in [-0.05, 0) is 55.2 Å². The van der Waals surface area contributed by atoms with Gasteiger partial charge in [0.25, 0.3) is 5.91 Å². The maximum atomic E-state index is 13.5. The molecule has 37 heavy (non-hydrogen) atoms. The van der Waals surface area contributed by atoms with Crippen molar-refractivity contribution in [3.05, 3.63) is 53.3 Å². The Bertz CT molecular complexity index is 1260. The number of carbonyl (C=O) groups excluding carboxylic acids is 1. The van der Waals surface area contributed by atoms with Gasteiger partial charge in [-0.1, -0.05) is 6.92 Å². The molecule has 0 N–H and O–H groups in total. The number of hydrogen-bond donors (Lipinski definition) is 0. The van der Waals surface area contributed by atoms with Crippen LogP contribution in [0.5, 0.6) is 5.75 Å². The van der Waals surface area contributed by atoms with Crippen LogP contribution in [-0.2, 0) is 16.2 Å². The zero-order valence-electron chi connectivity index (χ0n) is 20.6. The van der Waals surface area contributed by atoms with Gasteiger partial charge in [-0.15, -0.1) is 0 Å². The summed E-state index contributed by atoms with van der Waals surface area (Å²) in [6.45, 7) is 3.61. The minimum absolute atomic E-state index is 0.0945. The Balaban J connectivity index is 1.53. The Hall–Kier alpha value is -2.86. The summed E-state index contributed by atoms with van der Waals surface area (Å²) in [7, 11) is -2.25. The van der Waals surface area contributed by atoms with Crippen LogP contribution >= 0.6 is 0 Å². The summed E-state index contributed by atoms with van der Waals surface area (Å²) in [4.78, 5) is 16.2. The van der Waals surface area contributed by atoms with E-state index in [2.05, 4.69) is 0 Å². The Labute approximate surface area is 213 Å². The first-order valence-electron chi connectivity index (χ1n) is 12.0. The molecule has 0 saturated carbocycles. The van der Waals surface area contributed by atoms with Crippen molar-refractivity contribution in [3.8, 4) is 5.75 Å². The van der Waals surface area contributed by atoms with Gasteiger partial charge >= 0.3 is 6.18 Å². The number of ether oxygens (including phenoxy) is 1. The van der Waals surface area contributed by atoms with Crippen molar-refractivity contribution in [2.75, 3.05) is 51.3 Å². The van der Waals surface area contributed by atoms with E-state index in [9.17, 15) is 30.8 Å². The minimum atomic E-state index is -4.87. The van der Waals surface area contributed by atoms with Crippen LogP contribution in [0.2, 0.25) is 0 Å². The van der Waals surface area contributed by atoms with Gasteiger partial charge in [0.2, 0.25) is 10.0 Å². The highest BCUT2D eigenvalue weighted by Gasteiger charge is 2.37. The number of hydrogen-bond acceptors (Lipinski definition) is 5. The fourth-order valence-electron chi connectivity index (χ4n) is 4.85. The van der Waals surface area contributed by atoms with Crippen molar-refractivity contribution in [1.29, 1.82) is 0 Å². The fraction of sp³-hybridized carbons (Fsp3) is 0.480. The number of benzene rings is 2. The van der Waals surface area contributed by atoms with Gasteiger partial charge in [0.15, 0.2) is 0 Å². The lowest BCUT2D eigenvalue weighted by molar-refractivity contribution is -0.138. The molecule has 0 aliphatic carbocycles. The van der Waals surface area contributed by atoms with Crippen molar-refractivity contribution < 1.29 is 35.5 Å². The van der Waals surface area contributed by atoms with Crippen LogP contribution in [-0.4, -0.2) is 69.9 Å². The minimum Gasteiger partial charge on any atom is -0.495 e. The van der Waals surface area contributed by atoms with E-state index in [4.69, 9.17) is 4.74 Å². The largest absolute Gasteiger partial charge is 0.495 e. The fourth-order valence-corrected chi connectivity index (χ4v) is 6.47. The second-order valence-electron chi connectivity index (χ2n) is 9.41. The predicted molar refractivity (Wildman–Crippen MR) is 130 cm³/mol. The molecule has 202 valence electrons. The highest BCUT2D eigenvalue weighted by atomic mass is 32.2.